The maximum absolute atomic E-state index is 14.2. The standard InChI is InChI=1S/C38H36N6O7/c1-37(2)17-30-35(32(45)19-37)34(36-31(18-38(3,4)20-33(36)46)42(30)26-9-13-28(14-10-26)44(49)50)23-5-15-29(16-6-23)51-22-24-21-41(40-39-24)25-7-11-27(12-8-25)43(47)48/h5-16,21,34H,17-20,22H2,1-4H3. The molecule has 0 saturated carbocycles. The number of nitro benzene ring substituents is 2. The van der Waals surface area contributed by atoms with Crippen molar-refractivity contribution in [2.24, 2.45) is 10.8 Å². The third-order valence-electron chi connectivity index (χ3n) is 9.69. The van der Waals surface area contributed by atoms with E-state index in [1.807, 2.05) is 29.2 Å². The molecule has 13 nitrogen and oxygen atoms in total. The van der Waals surface area contributed by atoms with E-state index in [-0.39, 0.29) is 40.4 Å². The predicted octanol–water partition coefficient (Wildman–Crippen LogP) is 7.55. The number of rotatable bonds is 8. The van der Waals surface area contributed by atoms with Gasteiger partial charge < -0.3 is 9.64 Å². The number of benzene rings is 3. The Labute approximate surface area is 293 Å². The SMILES string of the molecule is CC1(C)CC(=O)C2=C(C1)N(c1ccc([N+](=O)[O-])cc1)C1=C(C(=O)CC(C)(C)C1)C2c1ccc(OCc2cn(-c3ccc([N+](=O)[O-])cc3)nn2)cc1. The van der Waals surface area contributed by atoms with Crippen LogP contribution in [0.5, 0.6) is 5.75 Å². The highest BCUT2D eigenvalue weighted by Crippen LogP contribution is 2.55. The molecule has 2 aliphatic carbocycles. The Kier molecular flexibility index (Phi) is 8.16. The third-order valence-corrected chi connectivity index (χ3v) is 9.69. The maximum Gasteiger partial charge on any atom is 0.269 e. The number of ketones is 2. The summed E-state index contributed by atoms with van der Waals surface area (Å²) in [4.78, 5) is 51.9. The number of aromatic nitrogens is 3. The fourth-order valence-corrected chi connectivity index (χ4v) is 7.47. The summed E-state index contributed by atoms with van der Waals surface area (Å²) in [5.74, 6) is -0.0349. The number of carbonyl (C=O) groups is 2. The highest BCUT2D eigenvalue weighted by molar-refractivity contribution is 6.08. The minimum atomic E-state index is -0.563. The Morgan fingerprint density at radius 3 is 1.71 bits per heavy atom. The van der Waals surface area contributed by atoms with Crippen LogP contribution < -0.4 is 9.64 Å². The lowest BCUT2D eigenvalue weighted by Crippen LogP contribution is -2.44. The number of nitrogens with zero attached hydrogens (tertiary/aromatic N) is 6. The second-order valence-electron chi connectivity index (χ2n) is 14.9. The van der Waals surface area contributed by atoms with Gasteiger partial charge in [-0.1, -0.05) is 45.0 Å². The second-order valence-corrected chi connectivity index (χ2v) is 14.9. The first-order chi connectivity index (χ1) is 24.2. The molecule has 13 heteroatoms. The van der Waals surface area contributed by atoms with Crippen molar-refractivity contribution >= 4 is 28.6 Å². The summed E-state index contributed by atoms with van der Waals surface area (Å²) in [7, 11) is 0. The van der Waals surface area contributed by atoms with Crippen molar-refractivity contribution in [1.82, 2.24) is 15.0 Å². The van der Waals surface area contributed by atoms with E-state index < -0.39 is 15.8 Å². The van der Waals surface area contributed by atoms with Crippen molar-refractivity contribution in [3.63, 3.8) is 0 Å². The molecule has 0 amide bonds. The van der Waals surface area contributed by atoms with Crippen molar-refractivity contribution in [3.8, 4) is 11.4 Å². The molecule has 1 aromatic heterocycles. The fraction of sp³-hybridized carbons (Fsp3) is 0.316. The summed E-state index contributed by atoms with van der Waals surface area (Å²) in [5.41, 5.74) is 4.79. The molecule has 2 heterocycles. The van der Waals surface area contributed by atoms with Crippen molar-refractivity contribution in [2.75, 3.05) is 4.90 Å². The van der Waals surface area contributed by atoms with Gasteiger partial charge in [-0.25, -0.2) is 4.68 Å². The average molecular weight is 689 g/mol. The second kappa shape index (κ2) is 12.4. The molecule has 3 aromatic carbocycles. The van der Waals surface area contributed by atoms with Crippen LogP contribution in [0.15, 0.2) is 102 Å². The molecule has 0 saturated heterocycles. The molecule has 1 aliphatic heterocycles. The van der Waals surface area contributed by atoms with Gasteiger partial charge in [0.15, 0.2) is 11.6 Å². The van der Waals surface area contributed by atoms with E-state index in [0.717, 1.165) is 17.0 Å². The van der Waals surface area contributed by atoms with E-state index >= 15 is 0 Å². The van der Waals surface area contributed by atoms with Gasteiger partial charge in [0.1, 0.15) is 18.1 Å². The Hall–Kier alpha value is -5.98. The van der Waals surface area contributed by atoms with Crippen molar-refractivity contribution < 1.29 is 24.2 Å². The smallest absolute Gasteiger partial charge is 0.269 e. The third kappa shape index (κ3) is 6.42. The molecule has 0 atom stereocenters. The van der Waals surface area contributed by atoms with Crippen LogP contribution in [0.2, 0.25) is 0 Å². The average Bonchev–Trinajstić information content (AvgIpc) is 3.55. The van der Waals surface area contributed by atoms with Gasteiger partial charge in [0.05, 0.1) is 21.7 Å². The summed E-state index contributed by atoms with van der Waals surface area (Å²) in [6, 6.07) is 19.7. The van der Waals surface area contributed by atoms with Crippen LogP contribution in [0.3, 0.4) is 0 Å². The van der Waals surface area contributed by atoms with E-state index in [2.05, 4.69) is 38.0 Å². The van der Waals surface area contributed by atoms with Crippen molar-refractivity contribution in [3.05, 3.63) is 133 Å². The molecule has 0 N–H and O–H groups in total. The first kappa shape index (κ1) is 33.5. The van der Waals surface area contributed by atoms with E-state index in [1.165, 1.54) is 28.9 Å². The number of nitro groups is 2. The molecular weight excluding hydrogens is 652 g/mol. The highest BCUT2D eigenvalue weighted by atomic mass is 16.6. The van der Waals surface area contributed by atoms with Gasteiger partial charge in [-0.3, -0.25) is 29.8 Å². The van der Waals surface area contributed by atoms with Gasteiger partial charge in [-0.2, -0.15) is 0 Å². The number of non-ortho nitro benzene ring substituents is 2. The number of allylic oxidation sites excluding steroid dienone is 4. The van der Waals surface area contributed by atoms with E-state index in [1.54, 1.807) is 30.5 Å². The Morgan fingerprint density at radius 1 is 0.725 bits per heavy atom. The number of hydrogen-bond donors (Lipinski definition) is 0. The lowest BCUT2D eigenvalue weighted by molar-refractivity contribution is -0.385. The normalized spacial score (nSPS) is 18.4. The van der Waals surface area contributed by atoms with Gasteiger partial charge >= 0.3 is 0 Å². The fourth-order valence-electron chi connectivity index (χ4n) is 7.47. The first-order valence-corrected chi connectivity index (χ1v) is 16.7. The largest absolute Gasteiger partial charge is 0.487 e. The van der Waals surface area contributed by atoms with Gasteiger partial charge in [0, 0.05) is 71.3 Å². The van der Waals surface area contributed by atoms with Crippen LogP contribution in [0, 0.1) is 31.1 Å². The number of hydrogen-bond acceptors (Lipinski definition) is 10. The maximum atomic E-state index is 14.2. The predicted molar refractivity (Wildman–Crippen MR) is 187 cm³/mol. The van der Waals surface area contributed by atoms with Crippen LogP contribution in [0.1, 0.15) is 70.6 Å². The highest BCUT2D eigenvalue weighted by Gasteiger charge is 2.49. The van der Waals surface area contributed by atoms with Gasteiger partial charge in [0.2, 0.25) is 0 Å². The topological polar surface area (TPSA) is 164 Å². The molecule has 0 bridgehead atoms. The molecule has 0 radical (unpaired) electrons. The Morgan fingerprint density at radius 2 is 1.22 bits per heavy atom. The van der Waals surface area contributed by atoms with Crippen molar-refractivity contribution in [2.45, 2.75) is 65.9 Å². The van der Waals surface area contributed by atoms with Crippen LogP contribution in [-0.2, 0) is 16.2 Å². The minimum absolute atomic E-state index is 0.0150. The summed E-state index contributed by atoms with van der Waals surface area (Å²) in [5, 5.41) is 30.7. The number of carbonyl (C=O) groups excluding carboxylic acids is 2. The van der Waals surface area contributed by atoms with Gasteiger partial charge in [-0.15, -0.1) is 5.10 Å². The number of anilines is 1. The lowest BCUT2D eigenvalue weighted by atomic mass is 9.63. The Balaban J connectivity index is 1.22. The quantitative estimate of drug-likeness (QED) is 0.133. The molecule has 0 spiro atoms. The summed E-state index contributed by atoms with van der Waals surface area (Å²) < 4.78 is 7.54. The van der Waals surface area contributed by atoms with Crippen LogP contribution in [0.4, 0.5) is 17.1 Å². The zero-order valence-electron chi connectivity index (χ0n) is 28.7. The van der Waals surface area contributed by atoms with E-state index in [0.29, 0.717) is 59.6 Å². The van der Waals surface area contributed by atoms with E-state index in [9.17, 15) is 29.8 Å². The molecular formula is C38H36N6O7. The molecule has 0 fully saturated rings. The monoisotopic (exact) mass is 688 g/mol. The lowest BCUT2D eigenvalue weighted by Gasteiger charge is -2.49. The zero-order chi connectivity index (χ0) is 36.2. The van der Waals surface area contributed by atoms with Crippen LogP contribution in [0.25, 0.3) is 5.69 Å². The van der Waals surface area contributed by atoms with E-state index in [4.69, 9.17) is 4.74 Å². The van der Waals surface area contributed by atoms with Gasteiger partial charge in [-0.05, 0) is 65.6 Å². The first-order valence-electron chi connectivity index (χ1n) is 16.7. The zero-order valence-corrected chi connectivity index (χ0v) is 28.7. The van der Waals surface area contributed by atoms with Crippen molar-refractivity contribution in [1.29, 1.82) is 0 Å². The summed E-state index contributed by atoms with van der Waals surface area (Å²) in [6.07, 6.45) is 3.53. The Bertz CT molecular complexity index is 2090. The molecule has 51 heavy (non-hydrogen) atoms. The van der Waals surface area contributed by atoms with Crippen LogP contribution in [-0.4, -0.2) is 36.4 Å². The summed E-state index contributed by atoms with van der Waals surface area (Å²) in [6.45, 7) is 8.37. The number of Topliss-reactive ketones (excluding diaryl/α,β-unsaturated/α-hetero) is 2. The molecule has 260 valence electrons. The summed E-state index contributed by atoms with van der Waals surface area (Å²) >= 11 is 0. The van der Waals surface area contributed by atoms with Gasteiger partial charge in [0.25, 0.3) is 11.4 Å². The molecule has 4 aromatic rings. The molecule has 3 aliphatic rings. The number of ether oxygens (including phenoxy) is 1. The van der Waals surface area contributed by atoms with Crippen LogP contribution >= 0.6 is 0 Å². The molecule has 7 rings (SSSR count). The minimum Gasteiger partial charge on any atom is -0.487 e. The molecule has 0 unspecified atom stereocenters.